The minimum absolute atomic E-state index is 0.0804. The summed E-state index contributed by atoms with van der Waals surface area (Å²) in [5, 5.41) is 12.9. The van der Waals surface area contributed by atoms with Crippen molar-refractivity contribution in [3.63, 3.8) is 0 Å². The molecule has 0 aliphatic carbocycles. The van der Waals surface area contributed by atoms with E-state index in [1.807, 2.05) is 13.0 Å². The van der Waals surface area contributed by atoms with Crippen LogP contribution in [-0.4, -0.2) is 25.9 Å². The van der Waals surface area contributed by atoms with Crippen LogP contribution in [0.1, 0.15) is 19.4 Å². The van der Waals surface area contributed by atoms with Gasteiger partial charge in [-0.25, -0.2) is 8.42 Å². The molecule has 1 aliphatic heterocycles. The fraction of sp³-hybridized carbons (Fsp3) is 0.294. The molecule has 0 saturated heterocycles. The van der Waals surface area contributed by atoms with Gasteiger partial charge in [-0.3, -0.25) is 4.72 Å². The molecule has 0 bridgehead atoms. The van der Waals surface area contributed by atoms with Crippen molar-refractivity contribution in [1.29, 1.82) is 0 Å². The second-order valence-electron chi connectivity index (χ2n) is 5.85. The molecule has 134 valence electrons. The molecular formula is C17H19ClN2O4S. The fourth-order valence-corrected chi connectivity index (χ4v) is 4.10. The van der Waals surface area contributed by atoms with Crippen LogP contribution in [0, 0.1) is 0 Å². The van der Waals surface area contributed by atoms with Crippen LogP contribution in [0.4, 0.5) is 11.4 Å². The molecule has 2 unspecified atom stereocenters. The third-order valence-electron chi connectivity index (χ3n) is 3.95. The van der Waals surface area contributed by atoms with Crippen LogP contribution in [0.3, 0.4) is 0 Å². The Morgan fingerprint density at radius 1 is 1.32 bits per heavy atom. The summed E-state index contributed by atoms with van der Waals surface area (Å²) in [5.74, 6) is 0.140. The van der Waals surface area contributed by atoms with E-state index in [-0.39, 0.29) is 15.7 Å². The normalized spacial score (nSPS) is 19.5. The molecule has 0 aromatic heterocycles. The Morgan fingerprint density at radius 2 is 2.08 bits per heavy atom. The number of aryl methyl sites for hydroxylation is 1. The molecule has 6 nitrogen and oxygen atoms in total. The lowest BCUT2D eigenvalue weighted by atomic mass is 10.1. The average Bonchev–Trinajstić information content (AvgIpc) is 2.55. The van der Waals surface area contributed by atoms with Gasteiger partial charge in [0.2, 0.25) is 0 Å². The van der Waals surface area contributed by atoms with Gasteiger partial charge in [-0.15, -0.1) is 0 Å². The average molecular weight is 383 g/mol. The van der Waals surface area contributed by atoms with Crippen LogP contribution in [-0.2, 0) is 16.4 Å². The Balaban J connectivity index is 2.02. The van der Waals surface area contributed by atoms with E-state index in [9.17, 15) is 13.5 Å². The van der Waals surface area contributed by atoms with Crippen LogP contribution in [0.25, 0.3) is 0 Å². The Labute approximate surface area is 151 Å². The van der Waals surface area contributed by atoms with Crippen molar-refractivity contribution in [3.8, 4) is 5.75 Å². The summed E-state index contributed by atoms with van der Waals surface area (Å²) in [5.41, 5.74) is 1.81. The van der Waals surface area contributed by atoms with Crippen LogP contribution in [0.2, 0.25) is 5.02 Å². The van der Waals surface area contributed by atoms with Gasteiger partial charge >= 0.3 is 0 Å². The largest absolute Gasteiger partial charge is 0.482 e. The maximum atomic E-state index is 12.9. The Hall–Kier alpha value is -1.96. The first-order chi connectivity index (χ1) is 11.8. The van der Waals surface area contributed by atoms with Crippen molar-refractivity contribution in [3.05, 3.63) is 47.0 Å². The maximum absolute atomic E-state index is 12.9. The summed E-state index contributed by atoms with van der Waals surface area (Å²) in [6, 6.07) is 10.0. The Bertz CT molecular complexity index is 902. The first-order valence-corrected chi connectivity index (χ1v) is 9.73. The summed E-state index contributed by atoms with van der Waals surface area (Å²) >= 11 is 6.05. The van der Waals surface area contributed by atoms with E-state index >= 15 is 0 Å². The van der Waals surface area contributed by atoms with Gasteiger partial charge in [0, 0.05) is 10.7 Å². The topological polar surface area (TPSA) is 87.7 Å². The van der Waals surface area contributed by atoms with Crippen LogP contribution in [0.5, 0.6) is 5.75 Å². The number of nitrogens with one attached hydrogen (secondary N) is 2. The predicted octanol–water partition coefficient (Wildman–Crippen LogP) is 3.21. The molecule has 3 N–H and O–H groups in total. The minimum atomic E-state index is -3.92. The first-order valence-electron chi connectivity index (χ1n) is 7.86. The molecule has 8 heteroatoms. The number of anilines is 2. The van der Waals surface area contributed by atoms with E-state index < -0.39 is 22.4 Å². The number of halogens is 1. The minimum Gasteiger partial charge on any atom is -0.482 e. The molecule has 0 amide bonds. The van der Waals surface area contributed by atoms with Gasteiger partial charge in [0.05, 0.1) is 5.69 Å². The highest BCUT2D eigenvalue weighted by molar-refractivity contribution is 7.92. The number of ether oxygens (including phenoxy) is 1. The smallest absolute Gasteiger partial charge is 0.265 e. The molecule has 0 fully saturated rings. The number of fused-ring (bicyclic) bond motifs is 1. The predicted molar refractivity (Wildman–Crippen MR) is 97.8 cm³/mol. The van der Waals surface area contributed by atoms with Crippen LogP contribution in [0.15, 0.2) is 41.3 Å². The summed E-state index contributed by atoms with van der Waals surface area (Å²) in [6.07, 6.45) is -0.758. The zero-order valence-electron chi connectivity index (χ0n) is 13.8. The van der Waals surface area contributed by atoms with Gasteiger partial charge in [0.25, 0.3) is 10.0 Å². The molecule has 2 aromatic rings. The summed E-state index contributed by atoms with van der Waals surface area (Å²) < 4.78 is 33.9. The number of aliphatic hydroxyl groups excluding tert-OH is 1. The van der Waals surface area contributed by atoms with E-state index in [4.69, 9.17) is 16.3 Å². The molecule has 2 aromatic carbocycles. The van der Waals surface area contributed by atoms with Crippen LogP contribution >= 0.6 is 11.6 Å². The molecule has 0 saturated carbocycles. The number of rotatable bonds is 4. The van der Waals surface area contributed by atoms with Crippen molar-refractivity contribution in [2.24, 2.45) is 0 Å². The quantitative estimate of drug-likeness (QED) is 0.755. The van der Waals surface area contributed by atoms with E-state index in [0.717, 1.165) is 12.0 Å². The van der Waals surface area contributed by atoms with Crippen molar-refractivity contribution < 1.29 is 18.3 Å². The lowest BCUT2D eigenvalue weighted by molar-refractivity contribution is 0.0547. The van der Waals surface area contributed by atoms with Gasteiger partial charge in [0.1, 0.15) is 11.0 Å². The van der Waals surface area contributed by atoms with Crippen molar-refractivity contribution in [2.45, 2.75) is 37.5 Å². The summed E-state index contributed by atoms with van der Waals surface area (Å²) in [4.78, 5) is -0.0804. The molecule has 2 atom stereocenters. The lowest BCUT2D eigenvalue weighted by Gasteiger charge is -2.31. The number of sulfonamides is 1. The first kappa shape index (κ1) is 17.8. The second-order valence-corrected chi connectivity index (χ2v) is 7.94. The number of hydrogen-bond donors (Lipinski definition) is 3. The standard InChI is InChI=1S/C17H19ClN2O4S/c1-3-11-5-4-6-13(7-11)20-25(22,23)15-9-12(18)8-14-16(15)24-10(2)17(21)19-14/h4-10,17,19-21H,3H2,1-2H3. The highest BCUT2D eigenvalue weighted by Crippen LogP contribution is 2.40. The Morgan fingerprint density at radius 3 is 2.80 bits per heavy atom. The highest BCUT2D eigenvalue weighted by Gasteiger charge is 2.31. The van der Waals surface area contributed by atoms with Gasteiger partial charge in [-0.1, -0.05) is 30.7 Å². The third kappa shape index (κ3) is 3.68. The van der Waals surface area contributed by atoms with Gasteiger partial charge in [0.15, 0.2) is 12.0 Å². The molecular weight excluding hydrogens is 364 g/mol. The SMILES string of the molecule is CCc1cccc(NS(=O)(=O)c2cc(Cl)cc3c2OC(C)C(O)N3)c1. The molecule has 3 rings (SSSR count). The molecule has 0 radical (unpaired) electrons. The zero-order valence-corrected chi connectivity index (χ0v) is 15.4. The number of aliphatic hydroxyl groups is 1. The van der Waals surface area contributed by atoms with E-state index in [2.05, 4.69) is 10.0 Å². The van der Waals surface area contributed by atoms with Crippen molar-refractivity contribution >= 4 is 33.0 Å². The molecule has 1 aliphatic rings. The molecule has 25 heavy (non-hydrogen) atoms. The van der Waals surface area contributed by atoms with E-state index in [0.29, 0.717) is 11.4 Å². The van der Waals surface area contributed by atoms with Gasteiger partial charge in [-0.05, 0) is 43.2 Å². The van der Waals surface area contributed by atoms with Gasteiger partial charge in [-0.2, -0.15) is 0 Å². The maximum Gasteiger partial charge on any atom is 0.265 e. The zero-order chi connectivity index (χ0) is 18.2. The van der Waals surface area contributed by atoms with Crippen LogP contribution < -0.4 is 14.8 Å². The fourth-order valence-electron chi connectivity index (χ4n) is 2.59. The van der Waals surface area contributed by atoms with Crippen molar-refractivity contribution in [2.75, 3.05) is 10.0 Å². The van der Waals surface area contributed by atoms with E-state index in [1.54, 1.807) is 25.1 Å². The van der Waals surface area contributed by atoms with Crippen molar-refractivity contribution in [1.82, 2.24) is 0 Å². The number of benzene rings is 2. The monoisotopic (exact) mass is 382 g/mol. The molecule has 1 heterocycles. The second kappa shape index (κ2) is 6.74. The molecule has 0 spiro atoms. The highest BCUT2D eigenvalue weighted by atomic mass is 35.5. The van der Waals surface area contributed by atoms with E-state index in [1.165, 1.54) is 12.1 Å². The summed E-state index contributed by atoms with van der Waals surface area (Å²) in [7, 11) is -3.92. The summed E-state index contributed by atoms with van der Waals surface area (Å²) in [6.45, 7) is 3.64. The Kier molecular flexibility index (Phi) is 4.81. The lowest BCUT2D eigenvalue weighted by Crippen LogP contribution is -2.39. The van der Waals surface area contributed by atoms with Gasteiger partial charge < -0.3 is 15.2 Å². The number of hydrogen-bond acceptors (Lipinski definition) is 5. The third-order valence-corrected chi connectivity index (χ3v) is 5.55.